The quantitative estimate of drug-likeness (QED) is 0.732. The van der Waals surface area contributed by atoms with E-state index < -0.39 is 52.9 Å². The van der Waals surface area contributed by atoms with Gasteiger partial charge in [0.25, 0.3) is 0 Å². The normalized spacial score (nSPS) is 44.4. The molecular formula is C24H34O6. The monoisotopic (exact) mass is 418 g/mol. The predicted octanol–water partition coefficient (Wildman–Crippen LogP) is 2.84. The molecule has 30 heavy (non-hydrogen) atoms. The molecule has 2 saturated carbocycles. The second-order valence-electron chi connectivity index (χ2n) is 10.0. The van der Waals surface area contributed by atoms with Gasteiger partial charge in [0.05, 0.1) is 41.9 Å². The first kappa shape index (κ1) is 21.8. The van der Waals surface area contributed by atoms with Crippen LogP contribution in [0, 0.1) is 17.3 Å². The first-order valence-electron chi connectivity index (χ1n) is 10.9. The maximum atomic E-state index is 12.1. The largest absolute Gasteiger partial charge is 0.459 e. The Bertz CT molecular complexity index is 794. The first-order valence-corrected chi connectivity index (χ1v) is 10.9. The number of esters is 1. The van der Waals surface area contributed by atoms with E-state index in [4.69, 9.17) is 14.2 Å². The van der Waals surface area contributed by atoms with Crippen molar-refractivity contribution >= 4 is 5.97 Å². The van der Waals surface area contributed by atoms with E-state index in [9.17, 15) is 15.0 Å². The molecule has 3 aliphatic rings. The number of carbonyl (C=O) groups is 1. The molecule has 166 valence electrons. The van der Waals surface area contributed by atoms with E-state index in [1.54, 1.807) is 0 Å². The van der Waals surface area contributed by atoms with Crippen molar-refractivity contribution in [1.29, 1.82) is 0 Å². The molecule has 0 radical (unpaired) electrons. The van der Waals surface area contributed by atoms with Crippen LogP contribution < -0.4 is 0 Å². The van der Waals surface area contributed by atoms with Crippen LogP contribution in [0.2, 0.25) is 0 Å². The third kappa shape index (κ3) is 2.88. The van der Waals surface area contributed by atoms with Crippen LogP contribution in [0.4, 0.5) is 0 Å². The summed E-state index contributed by atoms with van der Waals surface area (Å²) in [5.41, 5.74) is -1.62. The number of fused-ring (bicyclic) bond motifs is 1. The third-order valence-corrected chi connectivity index (χ3v) is 7.96. The Morgan fingerprint density at radius 3 is 2.43 bits per heavy atom. The van der Waals surface area contributed by atoms with E-state index in [1.807, 2.05) is 51.1 Å². The van der Waals surface area contributed by atoms with Gasteiger partial charge >= 0.3 is 5.97 Å². The van der Waals surface area contributed by atoms with Crippen molar-refractivity contribution in [2.75, 3.05) is 0 Å². The zero-order valence-corrected chi connectivity index (χ0v) is 18.5. The van der Waals surface area contributed by atoms with Crippen LogP contribution in [0.15, 0.2) is 30.3 Å². The molecule has 1 spiro atoms. The molecule has 1 saturated heterocycles. The lowest BCUT2D eigenvalue weighted by Crippen LogP contribution is -2.75. The van der Waals surface area contributed by atoms with Gasteiger partial charge in [0.15, 0.2) is 0 Å². The van der Waals surface area contributed by atoms with Gasteiger partial charge in [0, 0.05) is 6.92 Å². The summed E-state index contributed by atoms with van der Waals surface area (Å²) in [6, 6.07) is 9.79. The number of hydrogen-bond donors (Lipinski definition) is 2. The first-order chi connectivity index (χ1) is 14.1. The molecule has 1 aliphatic heterocycles. The van der Waals surface area contributed by atoms with Gasteiger partial charge in [-0.25, -0.2) is 0 Å². The lowest BCUT2D eigenvalue weighted by atomic mass is 9.48. The average Bonchev–Trinajstić information content (AvgIpc) is 2.88. The van der Waals surface area contributed by atoms with Crippen molar-refractivity contribution in [3.63, 3.8) is 0 Å². The highest BCUT2D eigenvalue weighted by Crippen LogP contribution is 2.67. The van der Waals surface area contributed by atoms with Crippen molar-refractivity contribution < 1.29 is 29.2 Å². The van der Waals surface area contributed by atoms with Crippen LogP contribution in [0.5, 0.6) is 0 Å². The number of ether oxygens (including phenoxy) is 3. The standard InChI is InChI=1S/C24H34O6/c1-14-11-12-17(26)23(5)21(28-13-16-9-7-6-8-10-16)19(27)18-20(29-15(2)25)24(14,23)30-22(18,3)4/h6-10,14,17-21,26-27H,11-13H2,1-5H3/t14-,17+,18-,19-,20-,21-,23+,24-/m1/s1. The molecule has 2 N–H and O–H groups in total. The minimum absolute atomic E-state index is 0.0230. The minimum Gasteiger partial charge on any atom is -0.459 e. The zero-order chi connectivity index (χ0) is 21.9. The maximum Gasteiger partial charge on any atom is 0.303 e. The summed E-state index contributed by atoms with van der Waals surface area (Å²) in [5.74, 6) is -0.839. The van der Waals surface area contributed by atoms with Crippen LogP contribution in [0.25, 0.3) is 0 Å². The molecule has 0 unspecified atom stereocenters. The topological polar surface area (TPSA) is 85.2 Å². The highest BCUT2D eigenvalue weighted by molar-refractivity contribution is 5.66. The fraction of sp³-hybridized carbons (Fsp3) is 0.708. The van der Waals surface area contributed by atoms with Gasteiger partial charge < -0.3 is 24.4 Å². The molecule has 2 aliphatic carbocycles. The van der Waals surface area contributed by atoms with Crippen LogP contribution >= 0.6 is 0 Å². The van der Waals surface area contributed by atoms with Gasteiger partial charge in [-0.15, -0.1) is 0 Å². The Hall–Kier alpha value is -1.47. The fourth-order valence-corrected chi connectivity index (χ4v) is 6.62. The summed E-state index contributed by atoms with van der Waals surface area (Å²) < 4.78 is 19.0. The minimum atomic E-state index is -0.950. The SMILES string of the molecule is CC(=O)O[C@@H]1[C@H]2[C@@H](O)[C@@H](OCc3ccccc3)[C@]3(C)[C@@H](O)CC[C@@H](C)[C@@]13OC2(C)C. The molecule has 3 fully saturated rings. The smallest absolute Gasteiger partial charge is 0.303 e. The van der Waals surface area contributed by atoms with Crippen LogP contribution in [0.1, 0.15) is 53.0 Å². The highest BCUT2D eigenvalue weighted by atomic mass is 16.6. The maximum absolute atomic E-state index is 12.1. The predicted molar refractivity (Wildman–Crippen MR) is 110 cm³/mol. The molecule has 6 heteroatoms. The number of aliphatic hydroxyl groups is 2. The van der Waals surface area contributed by atoms with Gasteiger partial charge in [-0.05, 0) is 38.2 Å². The van der Waals surface area contributed by atoms with Crippen LogP contribution in [0.3, 0.4) is 0 Å². The van der Waals surface area contributed by atoms with Crippen molar-refractivity contribution in [3.05, 3.63) is 35.9 Å². The Kier molecular flexibility index (Phi) is 5.29. The second-order valence-corrected chi connectivity index (χ2v) is 10.0. The van der Waals surface area contributed by atoms with E-state index in [1.165, 1.54) is 6.92 Å². The summed E-state index contributed by atoms with van der Waals surface area (Å²) in [7, 11) is 0. The third-order valence-electron chi connectivity index (χ3n) is 7.96. The summed E-state index contributed by atoms with van der Waals surface area (Å²) in [6.07, 6.45) is -1.68. The van der Waals surface area contributed by atoms with Gasteiger partial charge in [0.1, 0.15) is 11.7 Å². The van der Waals surface area contributed by atoms with E-state index in [0.29, 0.717) is 13.0 Å². The lowest BCUT2D eigenvalue weighted by molar-refractivity contribution is -0.305. The van der Waals surface area contributed by atoms with Gasteiger partial charge in [-0.1, -0.05) is 44.2 Å². The van der Waals surface area contributed by atoms with Gasteiger partial charge in [-0.3, -0.25) is 4.79 Å². The van der Waals surface area contributed by atoms with E-state index in [0.717, 1.165) is 12.0 Å². The van der Waals surface area contributed by atoms with Gasteiger partial charge in [0.2, 0.25) is 0 Å². The second kappa shape index (κ2) is 7.30. The summed E-state index contributed by atoms with van der Waals surface area (Å²) in [6.45, 7) is 9.58. The summed E-state index contributed by atoms with van der Waals surface area (Å²) in [4.78, 5) is 12.1. The molecule has 8 atom stereocenters. The van der Waals surface area contributed by atoms with E-state index in [-0.39, 0.29) is 5.92 Å². The molecule has 0 amide bonds. The molecule has 1 heterocycles. The molecule has 6 nitrogen and oxygen atoms in total. The van der Waals surface area contributed by atoms with Crippen molar-refractivity contribution in [3.8, 4) is 0 Å². The summed E-state index contributed by atoms with van der Waals surface area (Å²) >= 11 is 0. The number of carbonyl (C=O) groups excluding carboxylic acids is 1. The molecule has 1 aromatic rings. The Morgan fingerprint density at radius 2 is 1.80 bits per heavy atom. The lowest BCUT2D eigenvalue weighted by Gasteiger charge is -2.62. The molecule has 1 aromatic carbocycles. The number of aliphatic hydroxyl groups excluding tert-OH is 2. The number of rotatable bonds is 4. The highest BCUT2D eigenvalue weighted by Gasteiger charge is 2.80. The fourth-order valence-electron chi connectivity index (χ4n) is 6.62. The number of benzene rings is 1. The van der Waals surface area contributed by atoms with Crippen molar-refractivity contribution in [2.45, 2.75) is 89.7 Å². The van der Waals surface area contributed by atoms with Crippen LogP contribution in [-0.2, 0) is 25.6 Å². The van der Waals surface area contributed by atoms with E-state index >= 15 is 0 Å². The molecule has 0 aromatic heterocycles. The number of hydrogen-bond acceptors (Lipinski definition) is 6. The van der Waals surface area contributed by atoms with Crippen molar-refractivity contribution in [1.82, 2.24) is 0 Å². The molecular weight excluding hydrogens is 384 g/mol. The van der Waals surface area contributed by atoms with Crippen LogP contribution in [-0.4, -0.2) is 51.8 Å². The average molecular weight is 419 g/mol. The van der Waals surface area contributed by atoms with Gasteiger partial charge in [-0.2, -0.15) is 0 Å². The Balaban J connectivity index is 1.81. The Morgan fingerprint density at radius 1 is 1.13 bits per heavy atom. The van der Waals surface area contributed by atoms with Crippen molar-refractivity contribution in [2.24, 2.45) is 17.3 Å². The molecule has 4 rings (SSSR count). The summed E-state index contributed by atoms with van der Waals surface area (Å²) in [5, 5.41) is 22.8. The zero-order valence-electron chi connectivity index (χ0n) is 18.5. The van der Waals surface area contributed by atoms with E-state index in [2.05, 4.69) is 6.92 Å². The molecule has 2 bridgehead atoms. The Labute approximate surface area is 178 Å².